The number of non-ortho nitro benzene ring substituents is 1. The SMILES string of the molecule is CCNC(=O)c1ccc(NS(=O)(=O)c2ccc([N+](=O)[O-])cc2)cc1. The van der Waals surface area contributed by atoms with Crippen molar-refractivity contribution < 1.29 is 18.1 Å². The molecule has 0 spiro atoms. The van der Waals surface area contributed by atoms with Gasteiger partial charge in [-0.05, 0) is 43.3 Å². The second-order valence-electron chi connectivity index (χ2n) is 4.79. The zero-order valence-corrected chi connectivity index (χ0v) is 13.5. The molecule has 2 aromatic rings. The van der Waals surface area contributed by atoms with Gasteiger partial charge in [0.25, 0.3) is 21.6 Å². The van der Waals surface area contributed by atoms with Crippen molar-refractivity contribution in [3.8, 4) is 0 Å². The number of hydrogen-bond acceptors (Lipinski definition) is 5. The summed E-state index contributed by atoms with van der Waals surface area (Å²) in [6.45, 7) is 2.29. The lowest BCUT2D eigenvalue weighted by Crippen LogP contribution is -2.22. The number of carbonyl (C=O) groups is 1. The number of carbonyl (C=O) groups excluding carboxylic acids is 1. The lowest BCUT2D eigenvalue weighted by molar-refractivity contribution is -0.384. The highest BCUT2D eigenvalue weighted by Gasteiger charge is 2.16. The third kappa shape index (κ3) is 4.07. The molecule has 1 amide bonds. The Bertz CT molecular complexity index is 846. The number of hydrogen-bond donors (Lipinski definition) is 2. The Morgan fingerprint density at radius 1 is 1.08 bits per heavy atom. The normalized spacial score (nSPS) is 10.9. The minimum Gasteiger partial charge on any atom is -0.352 e. The lowest BCUT2D eigenvalue weighted by atomic mass is 10.2. The summed E-state index contributed by atoms with van der Waals surface area (Å²) in [6.07, 6.45) is 0. The topological polar surface area (TPSA) is 118 Å². The van der Waals surface area contributed by atoms with Gasteiger partial charge in [-0.2, -0.15) is 0 Å². The highest BCUT2D eigenvalue weighted by atomic mass is 32.2. The molecule has 2 aromatic carbocycles. The number of nitro benzene ring substituents is 1. The lowest BCUT2D eigenvalue weighted by Gasteiger charge is -2.09. The number of nitrogens with zero attached hydrogens (tertiary/aromatic N) is 1. The van der Waals surface area contributed by atoms with Gasteiger partial charge in [-0.25, -0.2) is 8.42 Å². The highest BCUT2D eigenvalue weighted by Crippen LogP contribution is 2.19. The standard InChI is InChI=1S/C15H15N3O5S/c1-2-16-15(19)11-3-5-12(6-4-11)17-24(22,23)14-9-7-13(8-10-14)18(20)21/h3-10,17H,2H2,1H3,(H,16,19). The van der Waals surface area contributed by atoms with Crippen LogP contribution < -0.4 is 10.0 Å². The van der Waals surface area contributed by atoms with Gasteiger partial charge in [0.15, 0.2) is 0 Å². The fraction of sp³-hybridized carbons (Fsp3) is 0.133. The molecule has 0 aliphatic carbocycles. The molecule has 24 heavy (non-hydrogen) atoms. The predicted octanol–water partition coefficient (Wildman–Crippen LogP) is 2.15. The van der Waals surface area contributed by atoms with Gasteiger partial charge in [0.1, 0.15) is 0 Å². The Kier molecular flexibility index (Phi) is 5.14. The van der Waals surface area contributed by atoms with Crippen LogP contribution in [-0.4, -0.2) is 25.8 Å². The van der Waals surface area contributed by atoms with E-state index in [1.807, 2.05) is 0 Å². The first-order valence-electron chi connectivity index (χ1n) is 6.99. The maximum atomic E-state index is 12.2. The van der Waals surface area contributed by atoms with Gasteiger partial charge in [-0.1, -0.05) is 0 Å². The van der Waals surface area contributed by atoms with E-state index < -0.39 is 14.9 Å². The van der Waals surface area contributed by atoms with Gasteiger partial charge in [0.05, 0.1) is 9.82 Å². The molecule has 0 aliphatic heterocycles. The van der Waals surface area contributed by atoms with E-state index in [2.05, 4.69) is 10.0 Å². The van der Waals surface area contributed by atoms with Crippen LogP contribution in [0.2, 0.25) is 0 Å². The number of nitro groups is 1. The smallest absolute Gasteiger partial charge is 0.269 e. The second-order valence-corrected chi connectivity index (χ2v) is 6.48. The number of sulfonamides is 1. The molecule has 0 radical (unpaired) electrons. The minimum absolute atomic E-state index is 0.0964. The fourth-order valence-electron chi connectivity index (χ4n) is 1.91. The van der Waals surface area contributed by atoms with Crippen molar-refractivity contribution in [2.75, 3.05) is 11.3 Å². The summed E-state index contributed by atoms with van der Waals surface area (Å²) in [4.78, 5) is 21.5. The van der Waals surface area contributed by atoms with Crippen LogP contribution in [0, 0.1) is 10.1 Å². The minimum atomic E-state index is -3.87. The first kappa shape index (κ1) is 17.4. The molecular formula is C15H15N3O5S. The molecule has 126 valence electrons. The zero-order valence-electron chi connectivity index (χ0n) is 12.7. The van der Waals surface area contributed by atoms with Gasteiger partial charge in [0.2, 0.25) is 0 Å². The predicted molar refractivity (Wildman–Crippen MR) is 88.4 cm³/mol. The van der Waals surface area contributed by atoms with E-state index in [1.54, 1.807) is 6.92 Å². The number of rotatable bonds is 6. The van der Waals surface area contributed by atoms with E-state index in [9.17, 15) is 23.3 Å². The molecule has 0 saturated heterocycles. The van der Waals surface area contributed by atoms with E-state index in [1.165, 1.54) is 24.3 Å². The number of amides is 1. The molecule has 0 fully saturated rings. The second kappa shape index (κ2) is 7.09. The van der Waals surface area contributed by atoms with Crippen LogP contribution in [0.25, 0.3) is 0 Å². The van der Waals surface area contributed by atoms with Gasteiger partial charge in [0, 0.05) is 29.9 Å². The van der Waals surface area contributed by atoms with Crippen molar-refractivity contribution in [3.05, 3.63) is 64.2 Å². The summed E-state index contributed by atoms with van der Waals surface area (Å²) in [5, 5.41) is 13.2. The molecule has 0 atom stereocenters. The van der Waals surface area contributed by atoms with E-state index in [4.69, 9.17) is 0 Å². The molecule has 0 unspecified atom stereocenters. The van der Waals surface area contributed by atoms with Crippen LogP contribution in [0.4, 0.5) is 11.4 Å². The van der Waals surface area contributed by atoms with Crippen molar-refractivity contribution in [1.82, 2.24) is 5.32 Å². The molecule has 0 aliphatic rings. The van der Waals surface area contributed by atoms with Crippen LogP contribution in [0.3, 0.4) is 0 Å². The first-order valence-corrected chi connectivity index (χ1v) is 8.47. The Hall–Kier alpha value is -2.94. The first-order chi connectivity index (χ1) is 11.3. The zero-order chi connectivity index (χ0) is 17.7. The summed E-state index contributed by atoms with van der Waals surface area (Å²) in [5.41, 5.74) is 0.497. The van der Waals surface area contributed by atoms with E-state index in [-0.39, 0.29) is 22.2 Å². The fourth-order valence-corrected chi connectivity index (χ4v) is 2.97. The van der Waals surface area contributed by atoms with Crippen LogP contribution in [0.15, 0.2) is 53.4 Å². The van der Waals surface area contributed by atoms with E-state index in [0.717, 1.165) is 24.3 Å². The quantitative estimate of drug-likeness (QED) is 0.612. The van der Waals surface area contributed by atoms with Gasteiger partial charge < -0.3 is 5.32 Å². The summed E-state index contributed by atoms with van der Waals surface area (Å²) in [5.74, 6) is -0.248. The maximum absolute atomic E-state index is 12.2. The summed E-state index contributed by atoms with van der Waals surface area (Å²) in [7, 11) is -3.87. The van der Waals surface area contributed by atoms with E-state index >= 15 is 0 Å². The van der Waals surface area contributed by atoms with Crippen LogP contribution in [-0.2, 0) is 10.0 Å². The average Bonchev–Trinajstić information content (AvgIpc) is 2.55. The number of benzene rings is 2. The molecule has 0 saturated carbocycles. The van der Waals surface area contributed by atoms with Crippen molar-refractivity contribution >= 4 is 27.3 Å². The largest absolute Gasteiger partial charge is 0.352 e. The summed E-state index contributed by atoms with van der Waals surface area (Å²) in [6, 6.07) is 10.5. The van der Waals surface area contributed by atoms with Crippen molar-refractivity contribution in [2.24, 2.45) is 0 Å². The van der Waals surface area contributed by atoms with Gasteiger partial charge in [-0.15, -0.1) is 0 Å². The summed E-state index contributed by atoms with van der Waals surface area (Å²) < 4.78 is 26.8. The van der Waals surface area contributed by atoms with Crippen molar-refractivity contribution in [1.29, 1.82) is 0 Å². The van der Waals surface area contributed by atoms with Crippen molar-refractivity contribution in [2.45, 2.75) is 11.8 Å². The van der Waals surface area contributed by atoms with Crippen LogP contribution in [0.1, 0.15) is 17.3 Å². The average molecular weight is 349 g/mol. The van der Waals surface area contributed by atoms with Crippen LogP contribution >= 0.6 is 0 Å². The molecule has 0 heterocycles. The molecular weight excluding hydrogens is 334 g/mol. The molecule has 2 rings (SSSR count). The molecule has 2 N–H and O–H groups in total. The Morgan fingerprint density at radius 3 is 2.17 bits per heavy atom. The Morgan fingerprint density at radius 2 is 1.67 bits per heavy atom. The summed E-state index contributed by atoms with van der Waals surface area (Å²) >= 11 is 0. The van der Waals surface area contributed by atoms with E-state index in [0.29, 0.717) is 12.1 Å². The Balaban J connectivity index is 2.16. The molecule has 0 aromatic heterocycles. The monoisotopic (exact) mass is 349 g/mol. The molecule has 0 bridgehead atoms. The molecule has 9 heteroatoms. The maximum Gasteiger partial charge on any atom is 0.269 e. The number of anilines is 1. The highest BCUT2D eigenvalue weighted by molar-refractivity contribution is 7.92. The third-order valence-electron chi connectivity index (χ3n) is 3.09. The van der Waals surface area contributed by atoms with Crippen LogP contribution in [0.5, 0.6) is 0 Å². The number of nitrogens with one attached hydrogen (secondary N) is 2. The van der Waals surface area contributed by atoms with Gasteiger partial charge in [-0.3, -0.25) is 19.6 Å². The molecule has 8 nitrogen and oxygen atoms in total. The van der Waals surface area contributed by atoms with Crippen molar-refractivity contribution in [3.63, 3.8) is 0 Å². The third-order valence-corrected chi connectivity index (χ3v) is 4.49. The van der Waals surface area contributed by atoms with Gasteiger partial charge >= 0.3 is 0 Å². The Labute approximate surface area is 138 Å².